The number of nitrogens with one attached hydrogen (secondary N) is 1. The van der Waals surface area contributed by atoms with Crippen molar-refractivity contribution in [3.8, 4) is 0 Å². The van der Waals surface area contributed by atoms with Crippen molar-refractivity contribution in [3.63, 3.8) is 0 Å². The van der Waals surface area contributed by atoms with Crippen LogP contribution in [0.25, 0.3) is 0 Å². The highest BCUT2D eigenvalue weighted by Crippen LogP contribution is 2.50. The van der Waals surface area contributed by atoms with Gasteiger partial charge in [-0.2, -0.15) is 0 Å². The van der Waals surface area contributed by atoms with Gasteiger partial charge in [0.1, 0.15) is 7.14 Å². The lowest BCUT2D eigenvalue weighted by Crippen LogP contribution is -2.21. The Morgan fingerprint density at radius 2 is 1.77 bits per heavy atom. The molecule has 4 heteroatoms. The molecule has 0 aliphatic heterocycles. The largest absolute Gasteiger partial charge is 0.322 e. The second kappa shape index (κ2) is 7.21. The Hall–Kier alpha value is -1.44. The second-order valence-corrected chi connectivity index (χ2v) is 9.78. The number of pyridine rings is 1. The van der Waals surface area contributed by atoms with Gasteiger partial charge in [-0.15, -0.1) is 0 Å². The smallest absolute Gasteiger partial charge is 0.102 e. The van der Waals surface area contributed by atoms with Gasteiger partial charge in [0, 0.05) is 18.9 Å². The maximum absolute atomic E-state index is 12.6. The third kappa shape index (κ3) is 4.53. The van der Waals surface area contributed by atoms with Crippen LogP contribution in [0.15, 0.2) is 48.8 Å². The minimum absolute atomic E-state index is 0.161. The van der Waals surface area contributed by atoms with E-state index < -0.39 is 7.14 Å². The average Bonchev–Trinajstić information content (AvgIpc) is 2.47. The van der Waals surface area contributed by atoms with Crippen LogP contribution in [0.4, 0.5) is 0 Å². The van der Waals surface area contributed by atoms with Crippen molar-refractivity contribution in [3.05, 3.63) is 65.5 Å². The van der Waals surface area contributed by atoms with Crippen LogP contribution in [0.3, 0.4) is 0 Å². The maximum atomic E-state index is 12.6. The van der Waals surface area contributed by atoms with Crippen LogP contribution in [0.1, 0.15) is 42.2 Å². The summed E-state index contributed by atoms with van der Waals surface area (Å²) in [6, 6.07) is 12.5. The fraction of sp³-hybridized carbons (Fsp3) is 0.389. The predicted octanol–water partition coefficient (Wildman–Crippen LogP) is 4.62. The molecule has 1 N–H and O–H groups in total. The molecule has 0 unspecified atom stereocenters. The molecule has 1 heterocycles. The zero-order chi connectivity index (χ0) is 16.2. The van der Waals surface area contributed by atoms with Gasteiger partial charge in [-0.3, -0.25) is 10.3 Å². The summed E-state index contributed by atoms with van der Waals surface area (Å²) in [6.45, 7) is 8.72. The first-order chi connectivity index (χ1) is 10.4. The van der Waals surface area contributed by atoms with Gasteiger partial charge in [0.15, 0.2) is 0 Å². The Morgan fingerprint density at radius 3 is 2.27 bits per heavy atom. The minimum atomic E-state index is -2.31. The van der Waals surface area contributed by atoms with Gasteiger partial charge in [0.25, 0.3) is 0 Å². The summed E-state index contributed by atoms with van der Waals surface area (Å²) in [5.41, 5.74) is 3.52. The van der Waals surface area contributed by atoms with E-state index in [0.29, 0.717) is 12.5 Å². The van der Waals surface area contributed by atoms with Crippen molar-refractivity contribution < 1.29 is 4.57 Å². The van der Waals surface area contributed by atoms with Gasteiger partial charge >= 0.3 is 0 Å². The lowest BCUT2D eigenvalue weighted by Gasteiger charge is -2.23. The molecule has 118 valence electrons. The van der Waals surface area contributed by atoms with Crippen molar-refractivity contribution in [1.82, 2.24) is 10.3 Å². The zero-order valence-electron chi connectivity index (χ0n) is 13.8. The van der Waals surface area contributed by atoms with E-state index >= 15 is 0 Å². The number of benzene rings is 1. The highest BCUT2D eigenvalue weighted by atomic mass is 31.2. The fourth-order valence-corrected chi connectivity index (χ4v) is 3.87. The van der Waals surface area contributed by atoms with Crippen molar-refractivity contribution in [2.24, 2.45) is 0 Å². The highest BCUT2D eigenvalue weighted by Gasteiger charge is 2.24. The van der Waals surface area contributed by atoms with Gasteiger partial charge in [0.2, 0.25) is 0 Å². The minimum Gasteiger partial charge on any atom is -0.322 e. The molecule has 22 heavy (non-hydrogen) atoms. The Kier molecular flexibility index (Phi) is 5.55. The van der Waals surface area contributed by atoms with Crippen LogP contribution in [0.5, 0.6) is 0 Å². The topological polar surface area (TPSA) is 42.0 Å². The summed E-state index contributed by atoms with van der Waals surface area (Å²) >= 11 is 0. The van der Waals surface area contributed by atoms with Crippen molar-refractivity contribution in [2.75, 3.05) is 13.3 Å². The van der Waals surface area contributed by atoms with Crippen LogP contribution >= 0.6 is 7.14 Å². The molecule has 3 nitrogen and oxygen atoms in total. The Balaban J connectivity index is 2.11. The number of rotatable bonds is 6. The highest BCUT2D eigenvalue weighted by molar-refractivity contribution is 7.62. The van der Waals surface area contributed by atoms with E-state index in [2.05, 4.69) is 48.4 Å². The van der Waals surface area contributed by atoms with E-state index in [9.17, 15) is 4.57 Å². The van der Waals surface area contributed by atoms with Gasteiger partial charge < -0.3 is 4.57 Å². The van der Waals surface area contributed by atoms with Gasteiger partial charge in [0.05, 0.1) is 5.78 Å². The Morgan fingerprint density at radius 1 is 1.09 bits per heavy atom. The van der Waals surface area contributed by atoms with Crippen LogP contribution < -0.4 is 5.32 Å². The third-order valence-corrected chi connectivity index (χ3v) is 5.49. The quantitative estimate of drug-likeness (QED) is 0.791. The molecular weight excluding hydrogens is 291 g/mol. The zero-order valence-corrected chi connectivity index (χ0v) is 14.7. The first-order valence-electron chi connectivity index (χ1n) is 7.64. The molecule has 0 aliphatic carbocycles. The summed E-state index contributed by atoms with van der Waals surface area (Å²) in [7, 11) is -2.31. The van der Waals surface area contributed by atoms with Crippen LogP contribution in [0.2, 0.25) is 0 Å². The molecule has 0 saturated carbocycles. The molecule has 0 spiro atoms. The summed E-state index contributed by atoms with van der Waals surface area (Å²) in [4.78, 5) is 4.14. The lowest BCUT2D eigenvalue weighted by molar-refractivity contribution is 0.553. The summed E-state index contributed by atoms with van der Waals surface area (Å²) in [5, 5.41) is 3.44. The average molecular weight is 316 g/mol. The SMILES string of the molecule is CC(C)c1ccc(CN[C@H](c2cccnc2)P(C)(C)=O)cc1. The molecule has 1 aromatic heterocycles. The number of nitrogens with zero attached hydrogens (tertiary/aromatic N) is 1. The molecule has 0 bridgehead atoms. The summed E-state index contributed by atoms with van der Waals surface area (Å²) in [6.07, 6.45) is 3.53. The van der Waals surface area contributed by atoms with E-state index in [1.54, 1.807) is 12.4 Å². The lowest BCUT2D eigenvalue weighted by atomic mass is 10.0. The molecule has 0 radical (unpaired) electrons. The number of hydrogen-bond acceptors (Lipinski definition) is 3. The molecule has 2 rings (SSSR count). The summed E-state index contributed by atoms with van der Waals surface area (Å²) in [5.74, 6) is 0.377. The molecular formula is C18H25N2OP. The Labute approximate surface area is 133 Å². The maximum Gasteiger partial charge on any atom is 0.102 e. The fourth-order valence-electron chi connectivity index (χ4n) is 2.47. The van der Waals surface area contributed by atoms with Gasteiger partial charge in [-0.25, -0.2) is 0 Å². The van der Waals surface area contributed by atoms with Crippen molar-refractivity contribution in [2.45, 2.75) is 32.1 Å². The standard InChI is InChI=1S/C18H25N2OP/c1-14(2)16-9-7-15(8-10-16)12-20-18(22(3,4)21)17-6-5-11-19-13-17/h5-11,13-14,18,20H,12H2,1-4H3/t18-/m0/s1. The van der Waals surface area contributed by atoms with Crippen LogP contribution in [-0.2, 0) is 11.1 Å². The van der Waals surface area contributed by atoms with Gasteiger partial charge in [-0.05, 0) is 42.0 Å². The molecule has 1 aromatic carbocycles. The number of hydrogen-bond donors (Lipinski definition) is 1. The number of aromatic nitrogens is 1. The van der Waals surface area contributed by atoms with E-state index in [1.165, 1.54) is 11.1 Å². The van der Waals surface area contributed by atoms with Crippen LogP contribution in [0, 0.1) is 0 Å². The van der Waals surface area contributed by atoms with E-state index in [0.717, 1.165) is 5.56 Å². The third-order valence-electron chi connectivity index (χ3n) is 3.77. The van der Waals surface area contributed by atoms with E-state index in [-0.39, 0.29) is 5.78 Å². The van der Waals surface area contributed by atoms with Gasteiger partial charge in [-0.1, -0.05) is 44.2 Å². The molecule has 0 aliphatic rings. The first-order valence-corrected chi connectivity index (χ1v) is 10.3. The monoisotopic (exact) mass is 316 g/mol. The van der Waals surface area contributed by atoms with Crippen molar-refractivity contribution >= 4 is 7.14 Å². The second-order valence-electron chi connectivity index (χ2n) is 6.40. The molecule has 2 aromatic rings. The summed E-state index contributed by atoms with van der Waals surface area (Å²) < 4.78 is 12.6. The van der Waals surface area contributed by atoms with Crippen LogP contribution in [-0.4, -0.2) is 18.3 Å². The first kappa shape index (κ1) is 16.9. The van der Waals surface area contributed by atoms with E-state index in [4.69, 9.17) is 0 Å². The molecule has 0 fully saturated rings. The van der Waals surface area contributed by atoms with E-state index in [1.807, 2.05) is 25.5 Å². The normalized spacial score (nSPS) is 13.3. The Bertz CT molecular complexity index is 632. The predicted molar refractivity (Wildman–Crippen MR) is 93.8 cm³/mol. The molecule has 1 atom stereocenters. The molecule has 0 amide bonds. The van der Waals surface area contributed by atoms with Crippen molar-refractivity contribution in [1.29, 1.82) is 0 Å². The molecule has 0 saturated heterocycles.